The first-order chi connectivity index (χ1) is 12.9. The van der Waals surface area contributed by atoms with Crippen LogP contribution in [-0.4, -0.2) is 22.3 Å². The van der Waals surface area contributed by atoms with Gasteiger partial charge in [0.1, 0.15) is 5.60 Å². The molecule has 0 saturated heterocycles. The number of hydrogen-bond donors (Lipinski definition) is 1. The summed E-state index contributed by atoms with van der Waals surface area (Å²) in [6, 6.07) is 0. The van der Waals surface area contributed by atoms with Crippen LogP contribution in [0.4, 0.5) is 0 Å². The highest BCUT2D eigenvalue weighted by Gasteiger charge is 2.65. The van der Waals surface area contributed by atoms with Gasteiger partial charge in [0.15, 0.2) is 11.6 Å². The molecule has 0 radical (unpaired) electrons. The fourth-order valence-corrected chi connectivity index (χ4v) is 6.25. The quantitative estimate of drug-likeness (QED) is 0.790. The van der Waals surface area contributed by atoms with Gasteiger partial charge in [-0.3, -0.25) is 9.59 Å². The molecule has 4 aliphatic carbocycles. The van der Waals surface area contributed by atoms with E-state index in [1.165, 1.54) is 13.0 Å². The van der Waals surface area contributed by atoms with Crippen LogP contribution >= 0.6 is 0 Å². The van der Waals surface area contributed by atoms with Crippen LogP contribution < -0.4 is 0 Å². The number of aliphatic hydroxyl groups is 1. The lowest BCUT2D eigenvalue weighted by molar-refractivity contribution is -0.160. The molecule has 4 rings (SSSR count). The van der Waals surface area contributed by atoms with Crippen molar-refractivity contribution in [3.05, 3.63) is 11.6 Å². The Labute approximate surface area is 150 Å². The first-order valence-corrected chi connectivity index (χ1v) is 9.09. The van der Waals surface area contributed by atoms with Crippen molar-refractivity contribution in [3.8, 4) is 0 Å². The molecule has 132 valence electrons. The van der Waals surface area contributed by atoms with Gasteiger partial charge in [-0.2, -0.15) is 0 Å². The summed E-state index contributed by atoms with van der Waals surface area (Å²) in [5.74, 6) is -1.02. The van der Waals surface area contributed by atoms with E-state index in [1.807, 2.05) is 13.8 Å². The van der Waals surface area contributed by atoms with E-state index in [4.69, 9.17) is 5.48 Å². The molecule has 0 aliphatic heterocycles. The van der Waals surface area contributed by atoms with Gasteiger partial charge in [0.2, 0.25) is 0 Å². The van der Waals surface area contributed by atoms with Gasteiger partial charge in [0.05, 0.1) is 0 Å². The van der Waals surface area contributed by atoms with Crippen molar-refractivity contribution in [1.82, 2.24) is 0 Å². The van der Waals surface area contributed by atoms with Crippen LogP contribution in [0.15, 0.2) is 11.6 Å². The molecular weight excluding hydrogens is 300 g/mol. The van der Waals surface area contributed by atoms with Crippen LogP contribution in [0, 0.1) is 28.6 Å². The lowest BCUT2D eigenvalue weighted by Crippen LogP contribution is -2.57. The Hall–Kier alpha value is -0.960. The predicted octanol–water partition coefficient (Wildman–Crippen LogP) is 3.84. The Bertz CT molecular complexity index is 769. The zero-order chi connectivity index (χ0) is 20.8. The molecule has 3 saturated carbocycles. The highest BCUT2D eigenvalue weighted by molar-refractivity contribution is 5.91. The highest BCUT2D eigenvalue weighted by atomic mass is 16.3. The molecule has 4 aliphatic rings. The molecule has 3 nitrogen and oxygen atoms in total. The fourth-order valence-electron chi connectivity index (χ4n) is 6.25. The van der Waals surface area contributed by atoms with Crippen molar-refractivity contribution < 1.29 is 20.2 Å². The molecule has 0 bridgehead atoms. The third-order valence-corrected chi connectivity index (χ3v) is 7.85. The van der Waals surface area contributed by atoms with Gasteiger partial charge in [-0.05, 0) is 81.0 Å². The number of rotatable bonds is 1. The molecule has 3 fully saturated rings. The first kappa shape index (κ1) is 12.4. The van der Waals surface area contributed by atoms with Gasteiger partial charge in [-0.15, -0.1) is 0 Å². The van der Waals surface area contributed by atoms with Crippen LogP contribution in [0.5, 0.6) is 0 Å². The monoisotopic (exact) mass is 338 g/mol. The van der Waals surface area contributed by atoms with Crippen LogP contribution in [0.3, 0.4) is 0 Å². The van der Waals surface area contributed by atoms with Crippen molar-refractivity contribution in [2.75, 3.05) is 0 Å². The molecule has 1 N–H and O–H groups in total. The molecule has 0 spiro atoms. The van der Waals surface area contributed by atoms with Crippen molar-refractivity contribution in [1.29, 1.82) is 0 Å². The van der Waals surface area contributed by atoms with Crippen molar-refractivity contribution in [2.45, 2.75) is 77.6 Å². The number of carbonyl (C=O) groups excluding carboxylic acids is 2. The second kappa shape index (κ2) is 5.03. The minimum absolute atomic E-state index is 0.0668. The number of Topliss-reactive ketones (excluding diaryl/α,β-unsaturated/α-hetero) is 1. The zero-order valence-corrected chi connectivity index (χ0v) is 14.7. The summed E-state index contributed by atoms with van der Waals surface area (Å²) in [7, 11) is 0. The molecule has 0 aromatic carbocycles. The summed E-state index contributed by atoms with van der Waals surface area (Å²) in [4.78, 5) is 24.5. The maximum Gasteiger partial charge on any atom is 0.161 e. The van der Waals surface area contributed by atoms with E-state index in [0.717, 1.165) is 0 Å². The molecule has 10 atom stereocenters. The van der Waals surface area contributed by atoms with E-state index in [2.05, 4.69) is 0 Å². The van der Waals surface area contributed by atoms with E-state index in [9.17, 15) is 14.7 Å². The molecular formula is C21H30O3. The predicted molar refractivity (Wildman–Crippen MR) is 92.3 cm³/mol. The van der Waals surface area contributed by atoms with Crippen LogP contribution in [-0.2, 0) is 9.59 Å². The first-order valence-electron chi connectivity index (χ1n) is 11.4. The summed E-state index contributed by atoms with van der Waals surface area (Å²) in [5.41, 5.74) is -2.25. The average molecular weight is 339 g/mol. The largest absolute Gasteiger partial charge is 0.382 e. The van der Waals surface area contributed by atoms with E-state index in [-0.39, 0.29) is 23.5 Å². The number of ketones is 2. The van der Waals surface area contributed by atoms with Crippen molar-refractivity contribution >= 4 is 11.6 Å². The Morgan fingerprint density at radius 1 is 1.25 bits per heavy atom. The zero-order valence-electron chi connectivity index (χ0n) is 18.7. The summed E-state index contributed by atoms with van der Waals surface area (Å²) in [6.45, 7) is 5.30. The molecule has 0 amide bonds. The average Bonchev–Trinajstić information content (AvgIpc) is 2.92. The molecule has 3 heteroatoms. The maximum absolute atomic E-state index is 12.3. The molecule has 0 heterocycles. The molecule has 0 aromatic rings. The Morgan fingerprint density at radius 3 is 2.67 bits per heavy atom. The second-order valence-electron chi connectivity index (χ2n) is 8.68. The number of carbonyl (C=O) groups is 2. The van der Waals surface area contributed by atoms with Gasteiger partial charge in [0, 0.05) is 17.3 Å². The summed E-state index contributed by atoms with van der Waals surface area (Å²) in [6.07, 6.45) is -0.125. The Kier molecular flexibility index (Phi) is 2.60. The van der Waals surface area contributed by atoms with Gasteiger partial charge >= 0.3 is 0 Å². The Balaban J connectivity index is 1.83. The highest BCUT2D eigenvalue weighted by Crippen LogP contribution is 2.67. The summed E-state index contributed by atoms with van der Waals surface area (Å²) < 4.78 is 34.4. The third kappa shape index (κ3) is 1.88. The topological polar surface area (TPSA) is 54.4 Å². The van der Waals surface area contributed by atoms with E-state index >= 15 is 0 Å². The molecule has 4 unspecified atom stereocenters. The van der Waals surface area contributed by atoms with Crippen LogP contribution in [0.1, 0.15) is 77.5 Å². The van der Waals surface area contributed by atoms with Gasteiger partial charge < -0.3 is 5.11 Å². The maximum atomic E-state index is 12.3. The summed E-state index contributed by atoms with van der Waals surface area (Å²) >= 11 is 0. The molecule has 24 heavy (non-hydrogen) atoms. The van der Waals surface area contributed by atoms with Crippen molar-refractivity contribution in [2.24, 2.45) is 28.6 Å². The van der Waals surface area contributed by atoms with Gasteiger partial charge in [-0.25, -0.2) is 0 Å². The SMILES string of the molecule is [3H]C1C2=CC(=O)C([3H])C([3H])[C@]2(C)[C@H]2CC[C@@]3(C)[C@@H](CC[C@]3(O)C(C)=O)[C@@H]2C1[3H]. The normalized spacial score (nSPS) is 65.2. The standard InChI is InChI=1S/C21H30O3/c1-13(22)21(24)11-8-18-16-5-4-14-12-15(23)6-9-19(14,2)17(16)7-10-20(18,21)3/h12,16-18,24H,4-11H2,1-3H3/t16-,17+,18+,19+,20+,21+/m1/s1/i4T,5T,6T,9T/t4?,5?,6?,9?,16-,17+,18+,19+,20+,21+. The number of fused-ring (bicyclic) bond motifs is 5. The number of allylic oxidation sites excluding steroid dienone is 1. The van der Waals surface area contributed by atoms with Gasteiger partial charge in [-0.1, -0.05) is 19.4 Å². The minimum Gasteiger partial charge on any atom is -0.382 e. The summed E-state index contributed by atoms with van der Waals surface area (Å²) in [5, 5.41) is 11.2. The second-order valence-corrected chi connectivity index (χ2v) is 8.68. The van der Waals surface area contributed by atoms with Gasteiger partial charge in [0.25, 0.3) is 0 Å². The number of hydrogen-bond acceptors (Lipinski definition) is 3. The molecule has 0 aromatic heterocycles. The van der Waals surface area contributed by atoms with E-state index in [0.29, 0.717) is 31.3 Å². The lowest BCUT2D eigenvalue weighted by Gasteiger charge is -2.58. The third-order valence-electron chi connectivity index (χ3n) is 7.85. The Morgan fingerprint density at radius 2 is 1.96 bits per heavy atom. The smallest absolute Gasteiger partial charge is 0.161 e. The van der Waals surface area contributed by atoms with Crippen molar-refractivity contribution in [3.63, 3.8) is 0 Å². The lowest BCUT2D eigenvalue weighted by atomic mass is 9.46. The van der Waals surface area contributed by atoms with Crippen LogP contribution in [0.2, 0.25) is 0 Å². The fraction of sp³-hybridized carbons (Fsp3) is 0.810. The minimum atomic E-state index is -1.39. The van der Waals surface area contributed by atoms with Crippen LogP contribution in [0.25, 0.3) is 0 Å². The van der Waals surface area contributed by atoms with E-state index in [1.54, 1.807) is 0 Å². The van der Waals surface area contributed by atoms with E-state index < -0.39 is 47.8 Å².